The molecule has 4 nitrogen and oxygen atoms in total. The van der Waals surface area contributed by atoms with Gasteiger partial charge in [-0.3, -0.25) is 0 Å². The van der Waals surface area contributed by atoms with Crippen molar-refractivity contribution in [1.29, 1.82) is 0 Å². The molecule has 1 aromatic heterocycles. The molecule has 5 heteroatoms. The maximum absolute atomic E-state index is 6.12. The number of hydrogen-bond acceptors (Lipinski definition) is 4. The first kappa shape index (κ1) is 18.3. The van der Waals surface area contributed by atoms with E-state index in [1.54, 1.807) is 14.2 Å². The summed E-state index contributed by atoms with van der Waals surface area (Å²) < 4.78 is 10.7. The zero-order valence-corrected chi connectivity index (χ0v) is 16.3. The van der Waals surface area contributed by atoms with E-state index in [1.807, 2.05) is 30.3 Å². The van der Waals surface area contributed by atoms with Gasteiger partial charge in [0.05, 0.1) is 19.7 Å². The van der Waals surface area contributed by atoms with Crippen molar-refractivity contribution in [1.82, 2.24) is 4.98 Å². The van der Waals surface area contributed by atoms with Crippen molar-refractivity contribution >= 4 is 28.3 Å². The second-order valence-corrected chi connectivity index (χ2v) is 6.76. The van der Waals surface area contributed by atoms with Crippen molar-refractivity contribution in [3.8, 4) is 11.5 Å². The average molecular weight is 371 g/mol. The van der Waals surface area contributed by atoms with Crippen LogP contribution in [0.1, 0.15) is 11.1 Å². The molecule has 3 rings (SSSR count). The molecule has 0 spiro atoms. The van der Waals surface area contributed by atoms with E-state index >= 15 is 0 Å². The number of aryl methyl sites for hydroxylation is 1. The second kappa shape index (κ2) is 7.83. The Morgan fingerprint density at radius 1 is 1.00 bits per heavy atom. The van der Waals surface area contributed by atoms with Crippen LogP contribution < -0.4 is 14.4 Å². The van der Waals surface area contributed by atoms with Crippen LogP contribution in [0, 0.1) is 6.92 Å². The molecule has 3 aromatic rings. The number of aromatic nitrogens is 1. The molecule has 0 atom stereocenters. The summed E-state index contributed by atoms with van der Waals surface area (Å²) in [7, 11) is 5.35. The maximum Gasteiger partial charge on any atom is 0.160 e. The molecule has 0 saturated heterocycles. The molecule has 0 aliphatic rings. The van der Waals surface area contributed by atoms with Gasteiger partial charge in [0.25, 0.3) is 0 Å². The van der Waals surface area contributed by atoms with Crippen LogP contribution >= 0.6 is 11.6 Å². The predicted octanol–water partition coefficient (Wildman–Crippen LogP) is 4.89. The minimum Gasteiger partial charge on any atom is -0.493 e. The zero-order chi connectivity index (χ0) is 18.7. The molecule has 2 aromatic carbocycles. The third kappa shape index (κ3) is 3.86. The normalized spacial score (nSPS) is 10.8. The van der Waals surface area contributed by atoms with E-state index in [2.05, 4.69) is 31.0 Å². The SMILES string of the molecule is COc1ccc(CCN(C)c2cc(C)c3ccc(Cl)cc3n2)cc1OC. The van der Waals surface area contributed by atoms with Gasteiger partial charge in [0, 0.05) is 24.0 Å². The molecule has 0 bridgehead atoms. The summed E-state index contributed by atoms with van der Waals surface area (Å²) in [6, 6.07) is 14.0. The van der Waals surface area contributed by atoms with Gasteiger partial charge < -0.3 is 14.4 Å². The zero-order valence-electron chi connectivity index (χ0n) is 15.5. The van der Waals surface area contributed by atoms with Gasteiger partial charge in [0.2, 0.25) is 0 Å². The third-order valence-electron chi connectivity index (χ3n) is 4.54. The maximum atomic E-state index is 6.12. The summed E-state index contributed by atoms with van der Waals surface area (Å²) >= 11 is 6.12. The molecule has 0 radical (unpaired) electrons. The molecule has 0 saturated carbocycles. The molecular weight excluding hydrogens is 348 g/mol. The number of methoxy groups -OCH3 is 2. The lowest BCUT2D eigenvalue weighted by atomic mass is 10.1. The van der Waals surface area contributed by atoms with E-state index < -0.39 is 0 Å². The molecule has 0 fully saturated rings. The summed E-state index contributed by atoms with van der Waals surface area (Å²) in [5.74, 6) is 2.44. The molecule has 0 aliphatic heterocycles. The van der Waals surface area contributed by atoms with Gasteiger partial charge in [-0.1, -0.05) is 23.7 Å². The molecule has 136 valence electrons. The minimum atomic E-state index is 0.703. The Morgan fingerprint density at radius 3 is 2.50 bits per heavy atom. The molecule has 0 amide bonds. The van der Waals surface area contributed by atoms with Gasteiger partial charge in [0.1, 0.15) is 5.82 Å². The Hall–Kier alpha value is -2.46. The molecular formula is C21H23ClN2O2. The van der Waals surface area contributed by atoms with Gasteiger partial charge >= 0.3 is 0 Å². The smallest absolute Gasteiger partial charge is 0.160 e. The highest BCUT2D eigenvalue weighted by molar-refractivity contribution is 6.31. The van der Waals surface area contributed by atoms with Crippen LogP contribution in [-0.2, 0) is 6.42 Å². The molecule has 0 aliphatic carbocycles. The van der Waals surface area contributed by atoms with Gasteiger partial charge in [-0.15, -0.1) is 0 Å². The fourth-order valence-corrected chi connectivity index (χ4v) is 3.17. The highest BCUT2D eigenvalue weighted by Gasteiger charge is 2.09. The number of anilines is 1. The number of ether oxygens (including phenoxy) is 2. The van der Waals surface area contributed by atoms with Crippen LogP contribution in [0.3, 0.4) is 0 Å². The van der Waals surface area contributed by atoms with Crippen LogP contribution in [0.15, 0.2) is 42.5 Å². The second-order valence-electron chi connectivity index (χ2n) is 6.32. The summed E-state index contributed by atoms with van der Waals surface area (Å²) in [5.41, 5.74) is 3.31. The van der Waals surface area contributed by atoms with Gasteiger partial charge in [-0.25, -0.2) is 4.98 Å². The van der Waals surface area contributed by atoms with Crippen LogP contribution in [0.25, 0.3) is 10.9 Å². The molecule has 1 heterocycles. The van der Waals surface area contributed by atoms with Gasteiger partial charge in [-0.2, -0.15) is 0 Å². The quantitative estimate of drug-likeness (QED) is 0.618. The number of benzene rings is 2. The Kier molecular flexibility index (Phi) is 5.52. The predicted molar refractivity (Wildman–Crippen MR) is 108 cm³/mol. The van der Waals surface area contributed by atoms with Crippen LogP contribution in [-0.4, -0.2) is 32.8 Å². The van der Waals surface area contributed by atoms with E-state index in [1.165, 1.54) is 11.1 Å². The van der Waals surface area contributed by atoms with Crippen molar-refractivity contribution in [2.45, 2.75) is 13.3 Å². The Bertz CT molecular complexity index is 927. The lowest BCUT2D eigenvalue weighted by Crippen LogP contribution is -2.21. The monoisotopic (exact) mass is 370 g/mol. The third-order valence-corrected chi connectivity index (χ3v) is 4.78. The number of rotatable bonds is 6. The van der Waals surface area contributed by atoms with Crippen LogP contribution in [0.4, 0.5) is 5.82 Å². The Balaban J connectivity index is 1.78. The first-order valence-corrected chi connectivity index (χ1v) is 8.88. The van der Waals surface area contributed by atoms with E-state index in [-0.39, 0.29) is 0 Å². The highest BCUT2D eigenvalue weighted by atomic mass is 35.5. The van der Waals surface area contributed by atoms with Crippen molar-refractivity contribution in [3.63, 3.8) is 0 Å². The first-order chi connectivity index (χ1) is 12.5. The largest absolute Gasteiger partial charge is 0.493 e. The molecule has 26 heavy (non-hydrogen) atoms. The summed E-state index contributed by atoms with van der Waals surface area (Å²) in [4.78, 5) is 6.92. The first-order valence-electron chi connectivity index (χ1n) is 8.50. The standard InChI is InChI=1S/C21H23ClN2O2/c1-14-11-21(23-18-13-16(22)6-7-17(14)18)24(2)10-9-15-5-8-19(25-3)20(12-15)26-4/h5-8,11-13H,9-10H2,1-4H3. The van der Waals surface area contributed by atoms with Gasteiger partial charge in [-0.05, 0) is 54.8 Å². The van der Waals surface area contributed by atoms with Crippen LogP contribution in [0.2, 0.25) is 5.02 Å². The number of likely N-dealkylation sites (N-methyl/N-ethyl adjacent to an activating group) is 1. The number of hydrogen-bond donors (Lipinski definition) is 0. The molecule has 0 N–H and O–H groups in total. The summed E-state index contributed by atoms with van der Waals surface area (Å²) in [6.07, 6.45) is 0.880. The average Bonchev–Trinajstić information content (AvgIpc) is 2.65. The summed E-state index contributed by atoms with van der Waals surface area (Å²) in [5, 5.41) is 1.83. The van der Waals surface area contributed by atoms with Crippen molar-refractivity contribution < 1.29 is 9.47 Å². The van der Waals surface area contributed by atoms with Crippen LogP contribution in [0.5, 0.6) is 11.5 Å². The lowest BCUT2D eigenvalue weighted by Gasteiger charge is -2.20. The Labute approximate surface area is 159 Å². The van der Waals surface area contributed by atoms with E-state index in [0.717, 1.165) is 41.2 Å². The topological polar surface area (TPSA) is 34.6 Å². The van der Waals surface area contributed by atoms with Crippen molar-refractivity contribution in [2.75, 3.05) is 32.7 Å². The van der Waals surface area contributed by atoms with E-state index in [9.17, 15) is 0 Å². The van der Waals surface area contributed by atoms with Crippen molar-refractivity contribution in [3.05, 3.63) is 58.6 Å². The van der Waals surface area contributed by atoms with Gasteiger partial charge in [0.15, 0.2) is 11.5 Å². The highest BCUT2D eigenvalue weighted by Crippen LogP contribution is 2.28. The Morgan fingerprint density at radius 2 is 1.77 bits per heavy atom. The van der Waals surface area contributed by atoms with E-state index in [0.29, 0.717) is 5.02 Å². The number of nitrogens with zero attached hydrogens (tertiary/aromatic N) is 2. The van der Waals surface area contributed by atoms with Crippen molar-refractivity contribution in [2.24, 2.45) is 0 Å². The fourth-order valence-electron chi connectivity index (χ4n) is 3.00. The summed E-state index contributed by atoms with van der Waals surface area (Å²) in [6.45, 7) is 2.94. The molecule has 0 unspecified atom stereocenters. The fraction of sp³-hybridized carbons (Fsp3) is 0.286. The van der Waals surface area contributed by atoms with E-state index in [4.69, 9.17) is 26.1 Å². The number of fused-ring (bicyclic) bond motifs is 1. The minimum absolute atomic E-state index is 0.703. The number of pyridine rings is 1. The number of halogens is 1. The lowest BCUT2D eigenvalue weighted by molar-refractivity contribution is 0.354.